The van der Waals surface area contributed by atoms with Crippen LogP contribution in [0.1, 0.15) is 13.8 Å². The van der Waals surface area contributed by atoms with Crippen LogP contribution < -0.4 is 0 Å². The van der Waals surface area contributed by atoms with Crippen molar-refractivity contribution in [1.82, 2.24) is 4.90 Å². The highest BCUT2D eigenvalue weighted by Crippen LogP contribution is 1.94. The van der Waals surface area contributed by atoms with Crippen LogP contribution in [0.5, 0.6) is 0 Å². The Morgan fingerprint density at radius 3 is 2.42 bits per heavy atom. The van der Waals surface area contributed by atoms with E-state index in [9.17, 15) is 9.59 Å². The summed E-state index contributed by atoms with van der Waals surface area (Å²) >= 11 is 4.43. The average molecular weight is 190 g/mol. The van der Waals surface area contributed by atoms with Gasteiger partial charge in [-0.05, 0) is 19.6 Å². The third-order valence-electron chi connectivity index (χ3n) is 1.31. The zero-order valence-corrected chi connectivity index (χ0v) is 8.02. The van der Waals surface area contributed by atoms with E-state index in [1.54, 1.807) is 0 Å². The second-order valence-electron chi connectivity index (χ2n) is 2.19. The maximum absolute atomic E-state index is 10.7. The van der Waals surface area contributed by atoms with Crippen LogP contribution in [0.2, 0.25) is 0 Å². The fourth-order valence-electron chi connectivity index (χ4n) is 0.678. The molecular weight excluding hydrogens is 178 g/mol. The van der Waals surface area contributed by atoms with E-state index in [0.29, 0.717) is 13.1 Å². The van der Waals surface area contributed by atoms with Gasteiger partial charge in [-0.15, -0.1) is 0 Å². The predicted molar refractivity (Wildman–Crippen MR) is 46.9 cm³/mol. The van der Waals surface area contributed by atoms with Crippen molar-refractivity contribution in [2.24, 2.45) is 0 Å². The van der Waals surface area contributed by atoms with Crippen molar-refractivity contribution in [2.75, 3.05) is 19.7 Å². The number of ether oxygens (including phenoxy) is 1. The molecule has 0 saturated carbocycles. The van der Waals surface area contributed by atoms with Gasteiger partial charge in [0.2, 0.25) is 0 Å². The minimum absolute atomic E-state index is 0.214. The van der Waals surface area contributed by atoms with Gasteiger partial charge in [0.05, 0.1) is 6.54 Å². The highest BCUT2D eigenvalue weighted by atomic mass is 32.1. The molecule has 0 bridgehead atoms. The largest absolute Gasteiger partial charge is 0.464 e. The summed E-state index contributed by atoms with van der Waals surface area (Å²) in [5.41, 5.74) is 0. The molecule has 0 aliphatic rings. The van der Waals surface area contributed by atoms with Crippen LogP contribution >= 0.6 is 12.6 Å². The lowest BCUT2D eigenvalue weighted by Crippen LogP contribution is -2.30. The molecular formula is C7H12NO3S. The summed E-state index contributed by atoms with van der Waals surface area (Å²) in [6.07, 6.45) is 0. The molecule has 0 rings (SSSR count). The van der Waals surface area contributed by atoms with Crippen molar-refractivity contribution in [3.05, 3.63) is 0 Å². The number of esters is 1. The second-order valence-corrected chi connectivity index (χ2v) is 2.53. The molecule has 0 aliphatic heterocycles. The molecule has 4 nitrogen and oxygen atoms in total. The summed E-state index contributed by atoms with van der Waals surface area (Å²) in [7, 11) is 0. The van der Waals surface area contributed by atoms with Crippen molar-refractivity contribution in [3.63, 3.8) is 0 Å². The van der Waals surface area contributed by atoms with Crippen molar-refractivity contribution in [3.8, 4) is 0 Å². The number of amides is 1. The average Bonchev–Trinajstić information content (AvgIpc) is 1.96. The Morgan fingerprint density at radius 1 is 1.50 bits per heavy atom. The molecule has 0 atom stereocenters. The summed E-state index contributed by atoms with van der Waals surface area (Å²) < 4.78 is 4.65. The lowest BCUT2D eigenvalue weighted by molar-refractivity contribution is -0.141. The van der Waals surface area contributed by atoms with Gasteiger partial charge in [-0.3, -0.25) is 9.59 Å². The normalized spacial score (nSPS) is 9.17. The number of nitrogens with zero attached hydrogens (tertiary/aromatic N) is 1. The molecule has 5 heteroatoms. The fourth-order valence-corrected chi connectivity index (χ4v) is 0.898. The van der Waals surface area contributed by atoms with Crippen LogP contribution in [-0.4, -0.2) is 35.8 Å². The molecule has 0 spiro atoms. The monoisotopic (exact) mass is 190 g/mol. The minimum Gasteiger partial charge on any atom is -0.464 e. The third kappa shape index (κ3) is 4.90. The van der Waals surface area contributed by atoms with Gasteiger partial charge in [-0.2, -0.15) is 0 Å². The lowest BCUT2D eigenvalue weighted by atomic mass is 10.5. The van der Waals surface area contributed by atoms with Gasteiger partial charge >= 0.3 is 11.2 Å². The van der Waals surface area contributed by atoms with Gasteiger partial charge in [0.15, 0.2) is 0 Å². The molecule has 0 aliphatic carbocycles. The quantitative estimate of drug-likeness (QED) is 0.625. The minimum atomic E-state index is -0.412. The van der Waals surface area contributed by atoms with E-state index in [0.717, 1.165) is 0 Å². The molecule has 0 fully saturated rings. The molecule has 0 N–H and O–H groups in total. The van der Waals surface area contributed by atoms with Crippen LogP contribution in [-0.2, 0) is 9.53 Å². The number of hydrogen-bond acceptors (Lipinski definition) is 3. The van der Waals surface area contributed by atoms with E-state index in [1.165, 1.54) is 11.8 Å². The molecule has 0 saturated heterocycles. The molecule has 0 aromatic carbocycles. The first-order valence-electron chi connectivity index (χ1n) is 3.67. The highest BCUT2D eigenvalue weighted by Gasteiger charge is 2.07. The van der Waals surface area contributed by atoms with Crippen LogP contribution in [0.25, 0.3) is 0 Å². The Bertz CT molecular complexity index is 172. The summed E-state index contributed by atoms with van der Waals surface area (Å²) in [6.45, 7) is 4.28. The van der Waals surface area contributed by atoms with E-state index in [1.807, 2.05) is 6.92 Å². The summed E-state index contributed by atoms with van der Waals surface area (Å²) in [5, 5.41) is -0.412. The highest BCUT2D eigenvalue weighted by molar-refractivity contribution is 7.96. The van der Waals surface area contributed by atoms with Gasteiger partial charge in [0.1, 0.15) is 6.61 Å². The van der Waals surface area contributed by atoms with Crippen LogP contribution in [0.3, 0.4) is 0 Å². The number of rotatable bonds is 4. The molecule has 0 aromatic rings. The van der Waals surface area contributed by atoms with E-state index in [2.05, 4.69) is 17.4 Å². The number of hydrogen-bond donors (Lipinski definition) is 0. The first-order chi connectivity index (χ1) is 5.57. The van der Waals surface area contributed by atoms with Gasteiger partial charge in [0, 0.05) is 13.5 Å². The first-order valence-corrected chi connectivity index (χ1v) is 4.08. The summed E-state index contributed by atoms with van der Waals surface area (Å²) in [5.74, 6) is -0.345. The van der Waals surface area contributed by atoms with Gasteiger partial charge in [-0.1, -0.05) is 0 Å². The van der Waals surface area contributed by atoms with E-state index in [4.69, 9.17) is 0 Å². The van der Waals surface area contributed by atoms with Crippen molar-refractivity contribution in [1.29, 1.82) is 0 Å². The Hall–Kier alpha value is -0.840. The molecule has 69 valence electrons. The van der Waals surface area contributed by atoms with Crippen LogP contribution in [0, 0.1) is 0 Å². The zero-order valence-electron chi connectivity index (χ0n) is 7.20. The van der Waals surface area contributed by atoms with Gasteiger partial charge in [-0.25, -0.2) is 0 Å². The Kier molecular flexibility index (Phi) is 5.36. The van der Waals surface area contributed by atoms with Crippen LogP contribution in [0.15, 0.2) is 0 Å². The van der Waals surface area contributed by atoms with Crippen LogP contribution in [0.4, 0.5) is 4.79 Å². The van der Waals surface area contributed by atoms with E-state index < -0.39 is 5.24 Å². The van der Waals surface area contributed by atoms with Crippen molar-refractivity contribution >= 4 is 23.8 Å². The Balaban J connectivity index is 3.59. The molecule has 0 aromatic heterocycles. The summed E-state index contributed by atoms with van der Waals surface area (Å²) in [4.78, 5) is 22.4. The Morgan fingerprint density at radius 2 is 2.08 bits per heavy atom. The molecule has 0 unspecified atom stereocenters. The van der Waals surface area contributed by atoms with Crippen molar-refractivity contribution < 1.29 is 14.3 Å². The predicted octanol–water partition coefficient (Wildman–Crippen LogP) is 1.19. The molecule has 1 radical (unpaired) electrons. The maximum Gasteiger partial charge on any atom is 0.313 e. The fraction of sp³-hybridized carbons (Fsp3) is 0.714. The smallest absolute Gasteiger partial charge is 0.313 e. The SMILES string of the molecule is CCN(CCOC(C)=O)C(=O)[S]. The zero-order chi connectivity index (χ0) is 9.56. The summed E-state index contributed by atoms with van der Waals surface area (Å²) in [6, 6.07) is 0. The third-order valence-corrected chi connectivity index (χ3v) is 1.56. The van der Waals surface area contributed by atoms with Crippen molar-refractivity contribution in [2.45, 2.75) is 13.8 Å². The number of carbonyl (C=O) groups is 2. The van der Waals surface area contributed by atoms with Gasteiger partial charge < -0.3 is 9.64 Å². The lowest BCUT2D eigenvalue weighted by Gasteiger charge is -2.16. The molecule has 0 heterocycles. The Labute approximate surface area is 77.3 Å². The first kappa shape index (κ1) is 11.2. The topological polar surface area (TPSA) is 46.6 Å². The van der Waals surface area contributed by atoms with E-state index >= 15 is 0 Å². The number of carbonyl (C=O) groups excluding carboxylic acids is 2. The van der Waals surface area contributed by atoms with E-state index in [-0.39, 0.29) is 12.6 Å². The molecule has 12 heavy (non-hydrogen) atoms. The standard InChI is InChI=1S/C7H12NO3S/c1-3-8(7(10)12)4-5-11-6(2)9/h3-5H2,1-2H3. The van der Waals surface area contributed by atoms with Gasteiger partial charge in [0.25, 0.3) is 0 Å². The number of likely N-dealkylation sites (N-methyl/N-ethyl adjacent to an activating group) is 1. The molecule has 1 amide bonds. The second kappa shape index (κ2) is 5.77. The maximum atomic E-state index is 10.7.